The topological polar surface area (TPSA) is 104 Å². The van der Waals surface area contributed by atoms with Crippen LogP contribution in [0.1, 0.15) is 27.3 Å². The molecule has 0 amide bonds. The number of Topliss-reactive ketones (excluding diaryl/α,β-unsaturated/α-hetero) is 2. The third-order valence-corrected chi connectivity index (χ3v) is 3.39. The first-order valence-corrected chi connectivity index (χ1v) is 6.83. The molecule has 0 radical (unpaired) electrons. The summed E-state index contributed by atoms with van der Waals surface area (Å²) < 4.78 is 12.9. The van der Waals surface area contributed by atoms with Gasteiger partial charge in [0, 0.05) is 18.8 Å². The number of rotatable bonds is 6. The fourth-order valence-corrected chi connectivity index (χ4v) is 2.22. The predicted octanol–water partition coefficient (Wildman–Crippen LogP) is 1.25. The van der Waals surface area contributed by atoms with Crippen molar-refractivity contribution in [1.29, 1.82) is 0 Å². The lowest BCUT2D eigenvalue weighted by molar-refractivity contribution is -0.114. The monoisotopic (exact) mass is 313 g/mol. The zero-order valence-electron chi connectivity index (χ0n) is 11.9. The van der Waals surface area contributed by atoms with Gasteiger partial charge in [0.25, 0.3) is 5.78 Å². The van der Waals surface area contributed by atoms with Crippen LogP contribution < -0.4 is 0 Å². The smallest absolute Gasteiger partial charge is 0.269 e. The minimum atomic E-state index is -0.785. The van der Waals surface area contributed by atoms with Crippen molar-refractivity contribution < 1.29 is 14.0 Å². The highest BCUT2D eigenvalue weighted by molar-refractivity contribution is 6.43. The van der Waals surface area contributed by atoms with Crippen LogP contribution in [-0.4, -0.2) is 37.2 Å². The van der Waals surface area contributed by atoms with Crippen LogP contribution in [0.15, 0.2) is 36.7 Å². The van der Waals surface area contributed by atoms with Gasteiger partial charge in [-0.1, -0.05) is 12.1 Å². The van der Waals surface area contributed by atoms with Gasteiger partial charge in [-0.15, -0.1) is 10.2 Å². The van der Waals surface area contributed by atoms with Crippen molar-refractivity contribution in [3.8, 4) is 0 Å². The number of halogens is 1. The van der Waals surface area contributed by atoms with Crippen molar-refractivity contribution in [2.45, 2.75) is 12.8 Å². The Bertz CT molecular complexity index is 824. The molecule has 0 aliphatic rings. The van der Waals surface area contributed by atoms with Crippen molar-refractivity contribution in [3.05, 3.63) is 65.0 Å². The summed E-state index contributed by atoms with van der Waals surface area (Å²) in [5.41, 5.74) is 2.48. The van der Waals surface area contributed by atoms with Gasteiger partial charge in [-0.25, -0.2) is 4.39 Å². The summed E-state index contributed by atoms with van der Waals surface area (Å²) in [5.74, 6) is -1.95. The van der Waals surface area contributed by atoms with Gasteiger partial charge in [-0.05, 0) is 40.5 Å². The number of carbonyl (C=O) groups excluding carboxylic acids is 2. The minimum Gasteiger partial charge on any atom is -0.367 e. The Morgan fingerprint density at radius 2 is 1.83 bits per heavy atom. The Balaban J connectivity index is 1.72. The van der Waals surface area contributed by atoms with Gasteiger partial charge in [0.15, 0.2) is 0 Å². The average Bonchev–Trinajstić information content (AvgIpc) is 3.21. The molecule has 2 aromatic heterocycles. The summed E-state index contributed by atoms with van der Waals surface area (Å²) in [6, 6.07) is 6.12. The number of ketones is 2. The van der Waals surface area contributed by atoms with E-state index in [4.69, 9.17) is 0 Å². The van der Waals surface area contributed by atoms with E-state index in [9.17, 15) is 14.0 Å². The van der Waals surface area contributed by atoms with Crippen molar-refractivity contribution in [2.24, 2.45) is 0 Å². The standard InChI is InChI=1S/C15H12FN5O2/c16-12-3-1-9(2-4-12)5-10-7-17-8-11(10)6-13(22)14(23)15-18-20-21-19-15/h1-4,7-8,17H,5-6H2,(H,18,19,20,21). The second kappa shape index (κ2) is 6.30. The molecule has 2 heterocycles. The van der Waals surface area contributed by atoms with E-state index in [1.807, 2.05) is 0 Å². The molecule has 0 atom stereocenters. The second-order valence-corrected chi connectivity index (χ2v) is 4.97. The van der Waals surface area contributed by atoms with Crippen LogP contribution >= 0.6 is 0 Å². The quantitative estimate of drug-likeness (QED) is 0.526. The van der Waals surface area contributed by atoms with Gasteiger partial charge in [-0.2, -0.15) is 5.21 Å². The van der Waals surface area contributed by atoms with E-state index in [2.05, 4.69) is 25.6 Å². The summed E-state index contributed by atoms with van der Waals surface area (Å²) in [6.07, 6.45) is 3.89. The van der Waals surface area contributed by atoms with Crippen molar-refractivity contribution in [3.63, 3.8) is 0 Å². The molecule has 2 N–H and O–H groups in total. The van der Waals surface area contributed by atoms with Crippen LogP contribution in [0.25, 0.3) is 0 Å². The third-order valence-electron chi connectivity index (χ3n) is 3.39. The number of H-pyrrole nitrogens is 2. The van der Waals surface area contributed by atoms with E-state index in [0.717, 1.165) is 11.1 Å². The van der Waals surface area contributed by atoms with E-state index in [1.165, 1.54) is 12.1 Å². The van der Waals surface area contributed by atoms with Crippen LogP contribution in [0.4, 0.5) is 4.39 Å². The molecule has 1 aromatic carbocycles. The Hall–Kier alpha value is -3.16. The van der Waals surface area contributed by atoms with E-state index < -0.39 is 11.6 Å². The van der Waals surface area contributed by atoms with Gasteiger partial charge in [-0.3, -0.25) is 9.59 Å². The highest BCUT2D eigenvalue weighted by atomic mass is 19.1. The Kier molecular flexibility index (Phi) is 4.05. The molecule has 0 aliphatic heterocycles. The molecule has 7 nitrogen and oxygen atoms in total. The van der Waals surface area contributed by atoms with Crippen LogP contribution in [0, 0.1) is 5.82 Å². The van der Waals surface area contributed by atoms with E-state index in [0.29, 0.717) is 12.0 Å². The molecule has 0 saturated carbocycles. The molecular weight excluding hydrogens is 301 g/mol. The van der Waals surface area contributed by atoms with Crippen molar-refractivity contribution in [1.82, 2.24) is 25.6 Å². The molecule has 0 saturated heterocycles. The highest BCUT2D eigenvalue weighted by Gasteiger charge is 2.22. The molecule has 0 spiro atoms. The minimum absolute atomic E-state index is 0.0621. The van der Waals surface area contributed by atoms with Gasteiger partial charge in [0.05, 0.1) is 0 Å². The second-order valence-electron chi connectivity index (χ2n) is 4.97. The molecule has 3 rings (SSSR count). The molecule has 0 fully saturated rings. The van der Waals surface area contributed by atoms with Crippen LogP contribution in [-0.2, 0) is 17.6 Å². The van der Waals surface area contributed by atoms with Crippen molar-refractivity contribution in [2.75, 3.05) is 0 Å². The SMILES string of the molecule is O=C(Cc1c[nH]cc1Cc1ccc(F)cc1)C(=O)c1nn[nH]n1. The summed E-state index contributed by atoms with van der Waals surface area (Å²) in [7, 11) is 0. The van der Waals surface area contributed by atoms with Gasteiger partial charge in [0.2, 0.25) is 11.6 Å². The molecule has 0 bridgehead atoms. The lowest BCUT2D eigenvalue weighted by Gasteiger charge is -2.03. The number of aromatic nitrogens is 5. The maximum absolute atomic E-state index is 12.9. The van der Waals surface area contributed by atoms with Gasteiger partial charge >= 0.3 is 0 Å². The largest absolute Gasteiger partial charge is 0.367 e. The van der Waals surface area contributed by atoms with Crippen LogP contribution in [0.5, 0.6) is 0 Å². The van der Waals surface area contributed by atoms with E-state index in [-0.39, 0.29) is 18.1 Å². The molecule has 8 heteroatoms. The van der Waals surface area contributed by atoms with Gasteiger partial charge in [0.1, 0.15) is 5.82 Å². The summed E-state index contributed by atoms with van der Waals surface area (Å²) in [5, 5.41) is 12.4. The Morgan fingerprint density at radius 1 is 1.09 bits per heavy atom. The third kappa shape index (κ3) is 3.37. The first-order valence-electron chi connectivity index (χ1n) is 6.83. The molecule has 0 aliphatic carbocycles. The van der Waals surface area contributed by atoms with Gasteiger partial charge < -0.3 is 4.98 Å². The zero-order valence-corrected chi connectivity index (χ0v) is 11.9. The number of tetrazole rings is 1. The Labute approximate surface area is 129 Å². The first-order chi connectivity index (χ1) is 11.1. The number of nitrogens with zero attached hydrogens (tertiary/aromatic N) is 3. The number of benzene rings is 1. The van der Waals surface area contributed by atoms with Crippen LogP contribution in [0.3, 0.4) is 0 Å². The highest BCUT2D eigenvalue weighted by Crippen LogP contribution is 2.16. The molecule has 23 heavy (non-hydrogen) atoms. The molecule has 0 unspecified atom stereocenters. The predicted molar refractivity (Wildman–Crippen MR) is 77.2 cm³/mol. The van der Waals surface area contributed by atoms with E-state index in [1.54, 1.807) is 24.5 Å². The number of hydrogen-bond acceptors (Lipinski definition) is 5. The van der Waals surface area contributed by atoms with Crippen molar-refractivity contribution >= 4 is 11.6 Å². The zero-order chi connectivity index (χ0) is 16.2. The first kappa shape index (κ1) is 14.8. The van der Waals surface area contributed by atoms with E-state index >= 15 is 0 Å². The summed E-state index contributed by atoms with van der Waals surface area (Å²) in [4.78, 5) is 26.8. The summed E-state index contributed by atoms with van der Waals surface area (Å²) >= 11 is 0. The number of aromatic amines is 2. The van der Waals surface area contributed by atoms with Crippen LogP contribution in [0.2, 0.25) is 0 Å². The Morgan fingerprint density at radius 3 is 2.52 bits per heavy atom. The normalized spacial score (nSPS) is 10.7. The fraction of sp³-hybridized carbons (Fsp3) is 0.133. The molecular formula is C15H12FN5O2. The average molecular weight is 313 g/mol. The fourth-order valence-electron chi connectivity index (χ4n) is 2.22. The lowest BCUT2D eigenvalue weighted by atomic mass is 10.00. The summed E-state index contributed by atoms with van der Waals surface area (Å²) in [6.45, 7) is 0. The number of carbonyl (C=O) groups is 2. The number of nitrogens with one attached hydrogen (secondary N) is 2. The molecule has 116 valence electrons. The lowest BCUT2D eigenvalue weighted by Crippen LogP contribution is -2.18. The molecule has 3 aromatic rings. The maximum atomic E-state index is 12.9. The number of hydrogen-bond donors (Lipinski definition) is 2. The maximum Gasteiger partial charge on any atom is 0.269 e.